The summed E-state index contributed by atoms with van der Waals surface area (Å²) < 4.78 is 42.1. The maximum atomic E-state index is 13.2. The highest BCUT2D eigenvalue weighted by Gasteiger charge is 2.26. The summed E-state index contributed by atoms with van der Waals surface area (Å²) in [6, 6.07) is 17.4. The Morgan fingerprint density at radius 1 is 0.957 bits per heavy atom. The topological polar surface area (TPSA) is 121 Å². The van der Waals surface area contributed by atoms with Gasteiger partial charge in [0.2, 0.25) is 0 Å². The minimum atomic E-state index is -3.44. The van der Waals surface area contributed by atoms with Crippen LogP contribution in [-0.2, 0) is 37.8 Å². The molecule has 0 bridgehead atoms. The number of halogens is 2. The van der Waals surface area contributed by atoms with Gasteiger partial charge in [0.15, 0.2) is 9.84 Å². The van der Waals surface area contributed by atoms with Crippen LogP contribution in [0.15, 0.2) is 77.0 Å². The molecule has 1 heterocycles. The number of carbonyl (C=O) groups excluding carboxylic acids is 2. The lowest BCUT2D eigenvalue weighted by atomic mass is 9.93. The van der Waals surface area contributed by atoms with Crippen molar-refractivity contribution >= 4 is 56.3 Å². The van der Waals surface area contributed by atoms with E-state index in [4.69, 9.17) is 37.4 Å². The number of amides is 1. The number of benzene rings is 3. The van der Waals surface area contributed by atoms with E-state index >= 15 is 0 Å². The lowest BCUT2D eigenvalue weighted by Gasteiger charge is -2.19. The highest BCUT2D eigenvalue weighted by Crippen LogP contribution is 2.26. The zero-order chi connectivity index (χ0) is 34.2. The van der Waals surface area contributed by atoms with Crippen molar-refractivity contribution in [1.29, 1.82) is 0 Å². The first kappa shape index (κ1) is 36.2. The number of ether oxygens (including phenoxy) is 3. The minimum Gasteiger partial charge on any atom is -0.486 e. The van der Waals surface area contributed by atoms with Crippen LogP contribution < -0.4 is 14.8 Å². The third kappa shape index (κ3) is 10.7. The number of nitrogens with zero attached hydrogens (tertiary/aromatic N) is 1. The van der Waals surface area contributed by atoms with Crippen molar-refractivity contribution in [2.75, 3.05) is 12.4 Å². The lowest BCUT2D eigenvalue weighted by molar-refractivity contribution is -0.152. The normalized spacial score (nSPS) is 12.3. The van der Waals surface area contributed by atoms with Crippen molar-refractivity contribution in [3.05, 3.63) is 104 Å². The van der Waals surface area contributed by atoms with Gasteiger partial charge in [-0.05, 0) is 79.9 Å². The second kappa shape index (κ2) is 16.0. The SMILES string of the molecule is CCOC(=O)C(NC(=O)c1cc(Cl)cc(OCc2nc(C(C)(C)C)cs2)c1)Oc1ccc(CCCS(=O)(=O)c2ccc(Cl)cc2)cc1. The number of carbonyl (C=O) groups is 2. The van der Waals surface area contributed by atoms with Crippen LogP contribution in [0.2, 0.25) is 10.0 Å². The Bertz CT molecular complexity index is 1790. The summed E-state index contributed by atoms with van der Waals surface area (Å²) in [4.78, 5) is 30.8. The van der Waals surface area contributed by atoms with E-state index in [0.29, 0.717) is 29.4 Å². The Hall–Kier alpha value is -3.64. The first-order valence-electron chi connectivity index (χ1n) is 14.8. The van der Waals surface area contributed by atoms with Crippen LogP contribution in [0.5, 0.6) is 11.5 Å². The number of nitrogens with one attached hydrogen (secondary N) is 1. The number of esters is 1. The van der Waals surface area contributed by atoms with E-state index in [0.717, 1.165) is 16.3 Å². The number of thiazole rings is 1. The summed E-state index contributed by atoms with van der Waals surface area (Å²) in [7, 11) is -3.44. The maximum Gasteiger partial charge on any atom is 0.369 e. The van der Waals surface area contributed by atoms with Crippen molar-refractivity contribution in [2.24, 2.45) is 0 Å². The van der Waals surface area contributed by atoms with Gasteiger partial charge in [-0.25, -0.2) is 18.2 Å². The third-order valence-corrected chi connectivity index (χ3v) is 9.92. The quantitative estimate of drug-likeness (QED) is 0.106. The van der Waals surface area contributed by atoms with Gasteiger partial charge < -0.3 is 19.5 Å². The van der Waals surface area contributed by atoms with Crippen LogP contribution >= 0.6 is 34.5 Å². The van der Waals surface area contributed by atoms with Crippen molar-refractivity contribution < 1.29 is 32.2 Å². The Kier molecular flexibility index (Phi) is 12.3. The second-order valence-corrected chi connectivity index (χ2v) is 15.5. The largest absolute Gasteiger partial charge is 0.486 e. The summed E-state index contributed by atoms with van der Waals surface area (Å²) in [6.45, 7) is 8.17. The number of rotatable bonds is 14. The fraction of sp³-hybridized carbons (Fsp3) is 0.324. The van der Waals surface area contributed by atoms with Crippen molar-refractivity contribution in [3.8, 4) is 11.5 Å². The van der Waals surface area contributed by atoms with Crippen LogP contribution in [0.4, 0.5) is 0 Å². The molecule has 47 heavy (non-hydrogen) atoms. The Balaban J connectivity index is 1.37. The predicted octanol–water partition coefficient (Wildman–Crippen LogP) is 7.43. The van der Waals surface area contributed by atoms with E-state index in [-0.39, 0.29) is 39.9 Å². The second-order valence-electron chi connectivity index (χ2n) is 11.6. The number of aromatic nitrogens is 1. The van der Waals surface area contributed by atoms with Crippen LogP contribution in [0.1, 0.15) is 60.7 Å². The van der Waals surface area contributed by atoms with Gasteiger partial charge in [-0.15, -0.1) is 11.3 Å². The van der Waals surface area contributed by atoms with E-state index in [9.17, 15) is 18.0 Å². The molecular formula is C34H36Cl2N2O7S2. The molecule has 3 aromatic carbocycles. The average Bonchev–Trinajstić information content (AvgIpc) is 3.51. The molecule has 0 spiro atoms. The molecule has 1 N–H and O–H groups in total. The molecular weight excluding hydrogens is 683 g/mol. The predicted molar refractivity (Wildman–Crippen MR) is 183 cm³/mol. The average molecular weight is 720 g/mol. The number of hydrogen-bond donors (Lipinski definition) is 1. The molecule has 0 aliphatic rings. The Morgan fingerprint density at radius 3 is 2.30 bits per heavy atom. The summed E-state index contributed by atoms with van der Waals surface area (Å²) in [6.07, 6.45) is -0.544. The third-order valence-electron chi connectivity index (χ3n) is 6.81. The van der Waals surface area contributed by atoms with Crippen LogP contribution in [-0.4, -0.2) is 43.9 Å². The standard InChI is InChI=1S/C34H36Cl2N2O7S2/c1-5-43-33(40)32(45-26-12-8-22(9-13-26)7-6-16-47(41,42)28-14-10-24(35)11-15-28)38-31(39)23-17-25(36)19-27(18-23)44-20-30-37-29(21-46-30)34(2,3)4/h8-15,17-19,21,32H,5-7,16,20H2,1-4H3,(H,38,39). The summed E-state index contributed by atoms with van der Waals surface area (Å²) in [5, 5.41) is 6.08. The molecule has 0 aliphatic heterocycles. The molecule has 250 valence electrons. The van der Waals surface area contributed by atoms with Gasteiger partial charge in [-0.3, -0.25) is 4.79 Å². The molecule has 4 aromatic rings. The molecule has 0 saturated heterocycles. The van der Waals surface area contributed by atoms with Gasteiger partial charge in [-0.1, -0.05) is 56.1 Å². The van der Waals surface area contributed by atoms with E-state index in [2.05, 4.69) is 31.1 Å². The molecule has 0 saturated carbocycles. The lowest BCUT2D eigenvalue weighted by Crippen LogP contribution is -2.46. The number of aryl methyl sites for hydroxylation is 1. The molecule has 1 atom stereocenters. The van der Waals surface area contributed by atoms with Gasteiger partial charge in [0.1, 0.15) is 23.1 Å². The van der Waals surface area contributed by atoms with Gasteiger partial charge in [-0.2, -0.15) is 0 Å². The zero-order valence-corrected chi connectivity index (χ0v) is 29.6. The molecule has 4 rings (SSSR count). The van der Waals surface area contributed by atoms with Gasteiger partial charge >= 0.3 is 5.97 Å². The number of hydrogen-bond acceptors (Lipinski definition) is 9. The van der Waals surface area contributed by atoms with E-state index in [1.807, 2.05) is 5.38 Å². The van der Waals surface area contributed by atoms with E-state index in [1.165, 1.54) is 35.6 Å². The first-order chi connectivity index (χ1) is 22.2. The van der Waals surface area contributed by atoms with E-state index < -0.39 is 27.9 Å². The molecule has 13 heteroatoms. The first-order valence-corrected chi connectivity index (χ1v) is 18.1. The summed E-state index contributed by atoms with van der Waals surface area (Å²) in [5.74, 6) is -0.773. The molecule has 1 amide bonds. The van der Waals surface area contributed by atoms with Crippen LogP contribution in [0, 0.1) is 0 Å². The minimum absolute atomic E-state index is 0.0246. The Morgan fingerprint density at radius 2 is 1.66 bits per heavy atom. The summed E-state index contributed by atoms with van der Waals surface area (Å²) >= 11 is 13.6. The van der Waals surface area contributed by atoms with Crippen molar-refractivity contribution in [1.82, 2.24) is 10.3 Å². The zero-order valence-electron chi connectivity index (χ0n) is 26.4. The molecule has 0 aliphatic carbocycles. The van der Waals surface area contributed by atoms with Crippen molar-refractivity contribution in [3.63, 3.8) is 0 Å². The molecule has 0 fully saturated rings. The monoisotopic (exact) mass is 718 g/mol. The maximum absolute atomic E-state index is 13.2. The van der Waals surface area contributed by atoms with Crippen molar-refractivity contribution in [2.45, 2.75) is 63.7 Å². The van der Waals surface area contributed by atoms with Crippen LogP contribution in [0.3, 0.4) is 0 Å². The molecule has 0 radical (unpaired) electrons. The van der Waals surface area contributed by atoms with E-state index in [1.54, 1.807) is 49.4 Å². The highest BCUT2D eigenvalue weighted by molar-refractivity contribution is 7.91. The summed E-state index contributed by atoms with van der Waals surface area (Å²) in [5.41, 5.74) is 1.91. The molecule has 1 aromatic heterocycles. The fourth-order valence-electron chi connectivity index (χ4n) is 4.30. The van der Waals surface area contributed by atoms with Gasteiger partial charge in [0, 0.05) is 26.4 Å². The number of sulfone groups is 1. The molecule has 1 unspecified atom stereocenters. The van der Waals surface area contributed by atoms with Crippen LogP contribution in [0.25, 0.3) is 0 Å². The van der Waals surface area contributed by atoms with Gasteiger partial charge in [0.25, 0.3) is 12.1 Å². The molecule has 9 nitrogen and oxygen atoms in total. The van der Waals surface area contributed by atoms with Gasteiger partial charge in [0.05, 0.1) is 22.9 Å². The fourth-order valence-corrected chi connectivity index (χ4v) is 6.89. The smallest absolute Gasteiger partial charge is 0.369 e. The Labute approximate surface area is 289 Å². The highest BCUT2D eigenvalue weighted by atomic mass is 35.5.